The molecule has 6 heteroatoms. The predicted molar refractivity (Wildman–Crippen MR) is 59.3 cm³/mol. The summed E-state index contributed by atoms with van der Waals surface area (Å²) in [4.78, 5) is 18.8. The number of aromatic amines is 1. The van der Waals surface area contributed by atoms with Gasteiger partial charge in [0.05, 0.1) is 0 Å². The van der Waals surface area contributed by atoms with Crippen LogP contribution in [0.15, 0.2) is 12.4 Å². The molecule has 1 N–H and O–H groups in total. The van der Waals surface area contributed by atoms with Crippen molar-refractivity contribution in [3.8, 4) is 6.07 Å². The van der Waals surface area contributed by atoms with Crippen molar-refractivity contribution in [2.45, 2.75) is 20.4 Å². The topological polar surface area (TPSA) is 87.4 Å². The van der Waals surface area contributed by atoms with E-state index in [9.17, 15) is 4.79 Å². The molecule has 17 heavy (non-hydrogen) atoms. The van der Waals surface area contributed by atoms with Gasteiger partial charge < -0.3 is 4.98 Å². The van der Waals surface area contributed by atoms with E-state index in [4.69, 9.17) is 5.26 Å². The molecule has 0 saturated carbocycles. The van der Waals surface area contributed by atoms with Gasteiger partial charge in [0.25, 0.3) is 5.82 Å². The third-order valence-corrected chi connectivity index (χ3v) is 2.39. The standard InChI is InChI=1S/C11H11N5O/c1-7-3-9(8(2)14-7)10(17)5-16-6-13-11(4-12)15-16/h3,6,14H,5H2,1-2H3. The van der Waals surface area contributed by atoms with Gasteiger partial charge in [0.1, 0.15) is 18.9 Å². The minimum absolute atomic E-state index is 0.0544. The molecule has 86 valence electrons. The van der Waals surface area contributed by atoms with Crippen LogP contribution >= 0.6 is 0 Å². The van der Waals surface area contributed by atoms with Gasteiger partial charge in [0.2, 0.25) is 0 Å². The first kappa shape index (κ1) is 11.1. The summed E-state index contributed by atoms with van der Waals surface area (Å²) in [6.07, 6.45) is 1.38. The second-order valence-corrected chi connectivity index (χ2v) is 3.79. The Morgan fingerprint density at radius 2 is 2.35 bits per heavy atom. The summed E-state index contributed by atoms with van der Waals surface area (Å²) in [6, 6.07) is 3.62. The minimum atomic E-state index is -0.0544. The highest BCUT2D eigenvalue weighted by Gasteiger charge is 2.13. The molecule has 0 fully saturated rings. The van der Waals surface area contributed by atoms with E-state index in [1.54, 1.807) is 6.07 Å². The molecule has 2 aromatic rings. The minimum Gasteiger partial charge on any atom is -0.362 e. The average molecular weight is 229 g/mol. The zero-order valence-electron chi connectivity index (χ0n) is 9.56. The summed E-state index contributed by atoms with van der Waals surface area (Å²) in [5.41, 5.74) is 2.44. The van der Waals surface area contributed by atoms with Crippen molar-refractivity contribution in [1.29, 1.82) is 5.26 Å². The van der Waals surface area contributed by atoms with Crippen LogP contribution in [-0.2, 0) is 6.54 Å². The van der Waals surface area contributed by atoms with Crippen LogP contribution in [0.3, 0.4) is 0 Å². The van der Waals surface area contributed by atoms with Crippen LogP contribution in [0.4, 0.5) is 0 Å². The smallest absolute Gasteiger partial charge is 0.252 e. The zero-order valence-corrected chi connectivity index (χ0v) is 9.56. The predicted octanol–water partition coefficient (Wildman–Crippen LogP) is 0.978. The van der Waals surface area contributed by atoms with Crippen LogP contribution in [-0.4, -0.2) is 25.5 Å². The largest absolute Gasteiger partial charge is 0.362 e. The third-order valence-electron chi connectivity index (χ3n) is 2.39. The molecule has 0 aliphatic rings. The monoisotopic (exact) mass is 229 g/mol. The van der Waals surface area contributed by atoms with Crippen molar-refractivity contribution in [2.75, 3.05) is 0 Å². The van der Waals surface area contributed by atoms with E-state index >= 15 is 0 Å². The maximum atomic E-state index is 12.0. The van der Waals surface area contributed by atoms with E-state index in [0.717, 1.165) is 11.4 Å². The number of H-pyrrole nitrogens is 1. The van der Waals surface area contributed by atoms with Crippen LogP contribution in [0.1, 0.15) is 27.6 Å². The van der Waals surface area contributed by atoms with E-state index < -0.39 is 0 Å². The Kier molecular flexibility index (Phi) is 2.75. The van der Waals surface area contributed by atoms with E-state index in [0.29, 0.717) is 5.56 Å². The number of aromatic nitrogens is 4. The number of Topliss-reactive ketones (excluding diaryl/α,β-unsaturated/α-hetero) is 1. The second-order valence-electron chi connectivity index (χ2n) is 3.79. The molecule has 0 aliphatic heterocycles. The van der Waals surface area contributed by atoms with Gasteiger partial charge in [-0.25, -0.2) is 9.67 Å². The number of carbonyl (C=O) groups is 1. The fraction of sp³-hybridized carbons (Fsp3) is 0.273. The highest BCUT2D eigenvalue weighted by atomic mass is 16.1. The van der Waals surface area contributed by atoms with E-state index in [1.807, 2.05) is 19.9 Å². The molecular weight excluding hydrogens is 218 g/mol. The number of hydrogen-bond donors (Lipinski definition) is 1. The first-order chi connectivity index (χ1) is 8.10. The maximum absolute atomic E-state index is 12.0. The van der Waals surface area contributed by atoms with Gasteiger partial charge in [-0.3, -0.25) is 4.79 Å². The number of ketones is 1. The van der Waals surface area contributed by atoms with E-state index in [2.05, 4.69) is 15.1 Å². The molecule has 0 unspecified atom stereocenters. The maximum Gasteiger partial charge on any atom is 0.252 e. The van der Waals surface area contributed by atoms with Gasteiger partial charge in [0.15, 0.2) is 5.78 Å². The Balaban J connectivity index is 2.17. The number of aryl methyl sites for hydroxylation is 2. The van der Waals surface area contributed by atoms with Gasteiger partial charge in [-0.05, 0) is 19.9 Å². The second kappa shape index (κ2) is 4.22. The van der Waals surface area contributed by atoms with Crippen LogP contribution in [0.2, 0.25) is 0 Å². The number of nitriles is 1. The first-order valence-electron chi connectivity index (χ1n) is 5.09. The lowest BCUT2D eigenvalue weighted by molar-refractivity contribution is 0.0967. The number of hydrogen-bond acceptors (Lipinski definition) is 4. The molecule has 2 aromatic heterocycles. The molecular formula is C11H11N5O. The molecule has 0 aliphatic carbocycles. The van der Waals surface area contributed by atoms with Crippen LogP contribution < -0.4 is 0 Å². The summed E-state index contributed by atoms with van der Waals surface area (Å²) in [5, 5.41) is 12.4. The Bertz CT molecular complexity index is 602. The van der Waals surface area contributed by atoms with Crippen molar-refractivity contribution in [1.82, 2.24) is 19.7 Å². The zero-order chi connectivity index (χ0) is 12.4. The third kappa shape index (κ3) is 2.23. The van der Waals surface area contributed by atoms with Gasteiger partial charge >= 0.3 is 0 Å². The van der Waals surface area contributed by atoms with E-state index in [1.165, 1.54) is 11.0 Å². The molecule has 2 rings (SSSR count). The SMILES string of the molecule is Cc1cc(C(=O)Cn2cnc(C#N)n2)c(C)[nH]1. The van der Waals surface area contributed by atoms with Crippen molar-refractivity contribution < 1.29 is 4.79 Å². The molecule has 2 heterocycles. The Labute approximate surface area is 97.9 Å². The summed E-state index contributed by atoms with van der Waals surface area (Å²) >= 11 is 0. The molecule has 0 radical (unpaired) electrons. The first-order valence-corrected chi connectivity index (χ1v) is 5.09. The Morgan fingerprint density at radius 3 is 2.88 bits per heavy atom. The molecule has 0 bridgehead atoms. The van der Waals surface area contributed by atoms with Crippen molar-refractivity contribution in [3.05, 3.63) is 35.2 Å². The summed E-state index contributed by atoms with van der Waals surface area (Å²) in [5.74, 6) is 0.0148. The summed E-state index contributed by atoms with van der Waals surface area (Å²) in [6.45, 7) is 3.84. The average Bonchev–Trinajstić information content (AvgIpc) is 2.85. The van der Waals surface area contributed by atoms with Crippen LogP contribution in [0, 0.1) is 25.2 Å². The lowest BCUT2D eigenvalue weighted by Gasteiger charge is -1.99. The number of rotatable bonds is 3. The summed E-state index contributed by atoms with van der Waals surface area (Å²) < 4.78 is 1.36. The van der Waals surface area contributed by atoms with Gasteiger partial charge in [-0.2, -0.15) is 5.26 Å². The van der Waals surface area contributed by atoms with E-state index in [-0.39, 0.29) is 18.2 Å². The normalized spacial score (nSPS) is 10.2. The summed E-state index contributed by atoms with van der Waals surface area (Å²) in [7, 11) is 0. The van der Waals surface area contributed by atoms with Crippen molar-refractivity contribution in [2.24, 2.45) is 0 Å². The molecule has 0 atom stereocenters. The fourth-order valence-electron chi connectivity index (χ4n) is 1.67. The quantitative estimate of drug-likeness (QED) is 0.794. The Morgan fingerprint density at radius 1 is 1.59 bits per heavy atom. The van der Waals surface area contributed by atoms with Crippen molar-refractivity contribution >= 4 is 5.78 Å². The van der Waals surface area contributed by atoms with Gasteiger partial charge in [-0.15, -0.1) is 5.10 Å². The Hall–Kier alpha value is -2.42. The molecule has 0 amide bonds. The van der Waals surface area contributed by atoms with Crippen molar-refractivity contribution in [3.63, 3.8) is 0 Å². The highest BCUT2D eigenvalue weighted by molar-refractivity contribution is 5.97. The molecule has 6 nitrogen and oxygen atoms in total. The lowest BCUT2D eigenvalue weighted by Crippen LogP contribution is -2.11. The molecule has 0 aromatic carbocycles. The molecule has 0 saturated heterocycles. The fourth-order valence-corrected chi connectivity index (χ4v) is 1.67. The lowest BCUT2D eigenvalue weighted by atomic mass is 10.1. The van der Waals surface area contributed by atoms with Gasteiger partial charge in [-0.1, -0.05) is 0 Å². The number of nitrogens with zero attached hydrogens (tertiary/aromatic N) is 4. The van der Waals surface area contributed by atoms with Gasteiger partial charge in [0, 0.05) is 17.0 Å². The number of nitrogens with one attached hydrogen (secondary N) is 1. The highest BCUT2D eigenvalue weighted by Crippen LogP contribution is 2.10. The number of carbonyl (C=O) groups excluding carboxylic acids is 1. The van der Waals surface area contributed by atoms with Crippen LogP contribution in [0.25, 0.3) is 0 Å². The molecule has 0 spiro atoms. The van der Waals surface area contributed by atoms with Crippen LogP contribution in [0.5, 0.6) is 0 Å².